The van der Waals surface area contributed by atoms with E-state index in [0.29, 0.717) is 23.5 Å². The predicted molar refractivity (Wildman–Crippen MR) is 94.7 cm³/mol. The van der Waals surface area contributed by atoms with Gasteiger partial charge in [-0.2, -0.15) is 0 Å². The maximum absolute atomic E-state index is 13.0. The first-order valence-electron chi connectivity index (χ1n) is 7.75. The number of halogens is 1. The standard InChI is InChI=1S/C19H19FN2O3/c1-14(23)22-17-6-3-7-18(13-17)25-11-10-21-19(24)9-8-15-4-2-5-16(20)12-15/h2-9,12-13H,10-11H2,1H3,(H,21,24)(H,22,23)/b9-8+. The quantitative estimate of drug-likeness (QED) is 0.600. The van der Waals surface area contributed by atoms with Crippen molar-refractivity contribution in [2.75, 3.05) is 18.5 Å². The molecule has 2 aromatic carbocycles. The first-order valence-corrected chi connectivity index (χ1v) is 7.75. The van der Waals surface area contributed by atoms with Gasteiger partial charge < -0.3 is 15.4 Å². The smallest absolute Gasteiger partial charge is 0.244 e. The molecule has 0 aromatic heterocycles. The van der Waals surface area contributed by atoms with Crippen LogP contribution >= 0.6 is 0 Å². The molecule has 0 bridgehead atoms. The van der Waals surface area contributed by atoms with Gasteiger partial charge in [0.15, 0.2) is 0 Å². The number of nitrogens with one attached hydrogen (secondary N) is 2. The van der Waals surface area contributed by atoms with Crippen molar-refractivity contribution < 1.29 is 18.7 Å². The molecule has 2 amide bonds. The Morgan fingerprint density at radius 2 is 1.96 bits per heavy atom. The molecule has 2 rings (SSSR count). The lowest BCUT2D eigenvalue weighted by Crippen LogP contribution is -2.26. The number of rotatable bonds is 7. The van der Waals surface area contributed by atoms with Gasteiger partial charge in [0, 0.05) is 24.8 Å². The Bertz CT molecular complexity index is 775. The second-order valence-electron chi connectivity index (χ2n) is 5.24. The summed E-state index contributed by atoms with van der Waals surface area (Å²) < 4.78 is 18.5. The van der Waals surface area contributed by atoms with Crippen molar-refractivity contribution in [3.63, 3.8) is 0 Å². The Labute approximate surface area is 145 Å². The zero-order valence-corrected chi connectivity index (χ0v) is 13.8. The summed E-state index contributed by atoms with van der Waals surface area (Å²) in [5.74, 6) is -0.206. The molecular weight excluding hydrogens is 323 g/mol. The highest BCUT2D eigenvalue weighted by Gasteiger charge is 2.00. The molecule has 0 radical (unpaired) electrons. The number of carbonyl (C=O) groups is 2. The van der Waals surface area contributed by atoms with Crippen LogP contribution in [0.15, 0.2) is 54.6 Å². The van der Waals surface area contributed by atoms with E-state index in [1.165, 1.54) is 31.2 Å². The van der Waals surface area contributed by atoms with Crippen molar-refractivity contribution >= 4 is 23.6 Å². The summed E-state index contributed by atoms with van der Waals surface area (Å²) >= 11 is 0. The largest absolute Gasteiger partial charge is 0.492 e. The average molecular weight is 342 g/mol. The third-order valence-electron chi connectivity index (χ3n) is 3.10. The van der Waals surface area contributed by atoms with Crippen LogP contribution in [-0.2, 0) is 9.59 Å². The molecule has 0 saturated carbocycles. The molecule has 0 fully saturated rings. The summed E-state index contributed by atoms with van der Waals surface area (Å²) in [6, 6.07) is 13.0. The molecule has 0 spiro atoms. The lowest BCUT2D eigenvalue weighted by molar-refractivity contribution is -0.116. The number of hydrogen-bond donors (Lipinski definition) is 2. The molecule has 6 heteroatoms. The van der Waals surface area contributed by atoms with Crippen molar-refractivity contribution in [1.29, 1.82) is 0 Å². The lowest BCUT2D eigenvalue weighted by atomic mass is 10.2. The molecule has 2 N–H and O–H groups in total. The third-order valence-corrected chi connectivity index (χ3v) is 3.10. The van der Waals surface area contributed by atoms with Gasteiger partial charge in [-0.3, -0.25) is 9.59 Å². The summed E-state index contributed by atoms with van der Waals surface area (Å²) in [6.07, 6.45) is 2.88. The maximum atomic E-state index is 13.0. The fourth-order valence-corrected chi connectivity index (χ4v) is 2.05. The second kappa shape index (κ2) is 9.22. The minimum atomic E-state index is -0.350. The molecule has 0 aliphatic rings. The summed E-state index contributed by atoms with van der Waals surface area (Å²) in [7, 11) is 0. The van der Waals surface area contributed by atoms with Crippen molar-refractivity contribution in [3.8, 4) is 5.75 Å². The molecule has 0 unspecified atom stereocenters. The number of benzene rings is 2. The highest BCUT2D eigenvalue weighted by atomic mass is 19.1. The second-order valence-corrected chi connectivity index (χ2v) is 5.24. The molecule has 0 atom stereocenters. The first-order chi connectivity index (χ1) is 12.0. The van der Waals surface area contributed by atoms with E-state index in [1.54, 1.807) is 36.4 Å². The number of anilines is 1. The number of carbonyl (C=O) groups excluding carboxylic acids is 2. The van der Waals surface area contributed by atoms with E-state index in [9.17, 15) is 14.0 Å². The van der Waals surface area contributed by atoms with Crippen LogP contribution in [0.4, 0.5) is 10.1 Å². The Morgan fingerprint density at radius 3 is 2.72 bits per heavy atom. The Hall–Kier alpha value is -3.15. The van der Waals surface area contributed by atoms with Crippen LogP contribution < -0.4 is 15.4 Å². The fourth-order valence-electron chi connectivity index (χ4n) is 2.05. The van der Waals surface area contributed by atoms with E-state index in [4.69, 9.17) is 4.74 Å². The van der Waals surface area contributed by atoms with Crippen molar-refractivity contribution in [3.05, 3.63) is 66.0 Å². The Morgan fingerprint density at radius 1 is 1.16 bits per heavy atom. The maximum Gasteiger partial charge on any atom is 0.244 e. The molecule has 0 saturated heterocycles. The fraction of sp³-hybridized carbons (Fsp3) is 0.158. The molecule has 130 valence electrons. The van der Waals surface area contributed by atoms with Crippen LogP contribution in [0.25, 0.3) is 6.08 Å². The van der Waals surface area contributed by atoms with Crippen LogP contribution in [0.5, 0.6) is 5.75 Å². The third kappa shape index (κ3) is 6.87. The van der Waals surface area contributed by atoms with Gasteiger partial charge in [0.25, 0.3) is 0 Å². The van der Waals surface area contributed by atoms with E-state index < -0.39 is 0 Å². The first kappa shape index (κ1) is 18.2. The van der Waals surface area contributed by atoms with Gasteiger partial charge in [-0.05, 0) is 35.9 Å². The average Bonchev–Trinajstić information content (AvgIpc) is 2.57. The van der Waals surface area contributed by atoms with E-state index in [0.717, 1.165) is 0 Å². The summed E-state index contributed by atoms with van der Waals surface area (Å²) in [5.41, 5.74) is 1.26. The van der Waals surface area contributed by atoms with E-state index >= 15 is 0 Å². The molecular formula is C19H19FN2O3. The molecule has 0 heterocycles. The highest BCUT2D eigenvalue weighted by Crippen LogP contribution is 2.17. The van der Waals surface area contributed by atoms with Gasteiger partial charge in [0.05, 0.1) is 6.54 Å². The van der Waals surface area contributed by atoms with Gasteiger partial charge in [-0.25, -0.2) is 4.39 Å². The monoisotopic (exact) mass is 342 g/mol. The van der Waals surface area contributed by atoms with Crippen molar-refractivity contribution in [2.24, 2.45) is 0 Å². The van der Waals surface area contributed by atoms with Gasteiger partial charge in [-0.15, -0.1) is 0 Å². The minimum Gasteiger partial charge on any atom is -0.492 e. The van der Waals surface area contributed by atoms with Crippen LogP contribution in [0, 0.1) is 5.82 Å². The number of ether oxygens (including phenoxy) is 1. The van der Waals surface area contributed by atoms with E-state index in [-0.39, 0.29) is 24.2 Å². The molecule has 0 aliphatic heterocycles. The Balaban J connectivity index is 1.73. The van der Waals surface area contributed by atoms with Gasteiger partial charge in [0.1, 0.15) is 18.2 Å². The van der Waals surface area contributed by atoms with Crippen LogP contribution in [0.2, 0.25) is 0 Å². The van der Waals surface area contributed by atoms with Gasteiger partial charge in [0.2, 0.25) is 11.8 Å². The Kier molecular flexibility index (Phi) is 6.71. The van der Waals surface area contributed by atoms with Gasteiger partial charge in [-0.1, -0.05) is 18.2 Å². The minimum absolute atomic E-state index is 0.158. The SMILES string of the molecule is CC(=O)Nc1cccc(OCCNC(=O)/C=C/c2cccc(F)c2)c1. The van der Waals surface area contributed by atoms with E-state index in [2.05, 4.69) is 10.6 Å². The number of hydrogen-bond acceptors (Lipinski definition) is 3. The van der Waals surface area contributed by atoms with Crippen LogP contribution in [-0.4, -0.2) is 25.0 Å². The molecule has 5 nitrogen and oxygen atoms in total. The van der Waals surface area contributed by atoms with Crippen LogP contribution in [0.1, 0.15) is 12.5 Å². The zero-order chi connectivity index (χ0) is 18.1. The normalized spacial score (nSPS) is 10.5. The predicted octanol–water partition coefficient (Wildman–Crippen LogP) is 2.99. The zero-order valence-electron chi connectivity index (χ0n) is 13.8. The summed E-state index contributed by atoms with van der Waals surface area (Å²) in [5, 5.41) is 5.34. The summed E-state index contributed by atoms with van der Waals surface area (Å²) in [6.45, 7) is 2.03. The molecule has 0 aliphatic carbocycles. The van der Waals surface area contributed by atoms with Gasteiger partial charge >= 0.3 is 0 Å². The highest BCUT2D eigenvalue weighted by molar-refractivity contribution is 5.91. The molecule has 2 aromatic rings. The lowest BCUT2D eigenvalue weighted by Gasteiger charge is -2.08. The topological polar surface area (TPSA) is 67.4 Å². The van der Waals surface area contributed by atoms with Crippen LogP contribution in [0.3, 0.4) is 0 Å². The summed E-state index contributed by atoms with van der Waals surface area (Å²) in [4.78, 5) is 22.7. The van der Waals surface area contributed by atoms with Crippen molar-refractivity contribution in [2.45, 2.75) is 6.92 Å². The number of amides is 2. The van der Waals surface area contributed by atoms with Crippen molar-refractivity contribution in [1.82, 2.24) is 5.32 Å². The van der Waals surface area contributed by atoms with E-state index in [1.807, 2.05) is 0 Å². The molecule has 25 heavy (non-hydrogen) atoms.